The summed E-state index contributed by atoms with van der Waals surface area (Å²) in [6.07, 6.45) is 3.66. The van der Waals surface area contributed by atoms with Crippen LogP contribution in [0, 0.1) is 12.8 Å². The summed E-state index contributed by atoms with van der Waals surface area (Å²) in [6, 6.07) is 6.33. The molecule has 0 spiro atoms. The van der Waals surface area contributed by atoms with Gasteiger partial charge in [-0.1, -0.05) is 37.6 Å². The summed E-state index contributed by atoms with van der Waals surface area (Å²) in [4.78, 5) is 11.6. The molecule has 1 amide bonds. The molecule has 0 aliphatic rings. The molecular formula is C14H19NO3S. The van der Waals surface area contributed by atoms with Crippen molar-refractivity contribution in [3.05, 3.63) is 42.0 Å². The van der Waals surface area contributed by atoms with Crippen LogP contribution in [0.3, 0.4) is 0 Å². The molecule has 0 fully saturated rings. The molecule has 4 nitrogen and oxygen atoms in total. The summed E-state index contributed by atoms with van der Waals surface area (Å²) in [5, 5.41) is 0. The molecule has 0 saturated carbocycles. The lowest BCUT2D eigenvalue weighted by molar-refractivity contribution is -0.114. The van der Waals surface area contributed by atoms with Crippen LogP contribution in [0.2, 0.25) is 0 Å². The van der Waals surface area contributed by atoms with Gasteiger partial charge >= 0.3 is 0 Å². The molecule has 0 aliphatic heterocycles. The topological polar surface area (TPSA) is 63.2 Å². The number of amides is 1. The zero-order valence-corrected chi connectivity index (χ0v) is 12.2. The number of benzene rings is 1. The van der Waals surface area contributed by atoms with Gasteiger partial charge in [0.2, 0.25) is 0 Å². The van der Waals surface area contributed by atoms with Gasteiger partial charge in [0.05, 0.1) is 4.90 Å². The molecule has 19 heavy (non-hydrogen) atoms. The van der Waals surface area contributed by atoms with Gasteiger partial charge in [0, 0.05) is 0 Å². The molecule has 1 aromatic rings. The van der Waals surface area contributed by atoms with Crippen LogP contribution >= 0.6 is 0 Å². The minimum Gasteiger partial charge on any atom is -0.269 e. The van der Waals surface area contributed by atoms with E-state index in [1.54, 1.807) is 18.2 Å². The lowest BCUT2D eigenvalue weighted by atomic mass is 10.1. The van der Waals surface area contributed by atoms with Gasteiger partial charge in [0.1, 0.15) is 0 Å². The van der Waals surface area contributed by atoms with Crippen LogP contribution in [0.1, 0.15) is 25.8 Å². The van der Waals surface area contributed by atoms with Gasteiger partial charge in [-0.05, 0) is 37.5 Å². The van der Waals surface area contributed by atoms with E-state index in [1.165, 1.54) is 18.2 Å². The van der Waals surface area contributed by atoms with Crippen LogP contribution in [-0.4, -0.2) is 14.3 Å². The van der Waals surface area contributed by atoms with Gasteiger partial charge in [-0.3, -0.25) is 4.79 Å². The van der Waals surface area contributed by atoms with Gasteiger partial charge in [-0.25, -0.2) is 13.1 Å². The largest absolute Gasteiger partial charge is 0.269 e. The third-order valence-corrected chi connectivity index (χ3v) is 3.81. The fourth-order valence-electron chi connectivity index (χ4n) is 1.39. The van der Waals surface area contributed by atoms with Gasteiger partial charge in [0.15, 0.2) is 0 Å². The molecule has 0 unspecified atom stereocenters. The SMILES string of the molecule is Cc1ccc(S(=O)(=O)NC(=O)/C=C/CC(C)C)cc1. The predicted octanol–water partition coefficient (Wildman–Crippen LogP) is 2.40. The Hall–Kier alpha value is -1.62. The molecule has 0 saturated heterocycles. The summed E-state index contributed by atoms with van der Waals surface area (Å²) in [7, 11) is -3.78. The highest BCUT2D eigenvalue weighted by Gasteiger charge is 2.15. The first-order valence-corrected chi connectivity index (χ1v) is 7.59. The van der Waals surface area contributed by atoms with E-state index in [-0.39, 0.29) is 4.90 Å². The van der Waals surface area contributed by atoms with Crippen LogP contribution in [-0.2, 0) is 14.8 Å². The molecule has 0 aromatic heterocycles. The van der Waals surface area contributed by atoms with Crippen LogP contribution < -0.4 is 4.72 Å². The molecule has 0 radical (unpaired) electrons. The van der Waals surface area contributed by atoms with Gasteiger partial charge in [0.25, 0.3) is 15.9 Å². The average molecular weight is 281 g/mol. The Balaban J connectivity index is 2.72. The van der Waals surface area contributed by atoms with Crippen molar-refractivity contribution in [3.63, 3.8) is 0 Å². The number of hydrogen-bond donors (Lipinski definition) is 1. The van der Waals surface area contributed by atoms with E-state index < -0.39 is 15.9 Å². The molecule has 0 heterocycles. The number of nitrogens with one attached hydrogen (secondary N) is 1. The minimum atomic E-state index is -3.78. The van der Waals surface area contributed by atoms with Crippen molar-refractivity contribution in [2.24, 2.45) is 5.92 Å². The molecule has 5 heteroatoms. The standard InChI is InChI=1S/C14H19NO3S/c1-11(2)5-4-6-14(16)15-19(17,18)13-9-7-12(3)8-10-13/h4,6-11H,5H2,1-3H3,(H,15,16)/b6-4+. The van der Waals surface area contributed by atoms with E-state index in [0.717, 1.165) is 12.0 Å². The van der Waals surface area contributed by atoms with E-state index in [2.05, 4.69) is 0 Å². The van der Waals surface area contributed by atoms with Crippen molar-refractivity contribution in [1.29, 1.82) is 0 Å². The Kier molecular flexibility index (Phi) is 5.30. The second-order valence-corrected chi connectivity index (χ2v) is 6.50. The fraction of sp³-hybridized carbons (Fsp3) is 0.357. The van der Waals surface area contributed by atoms with E-state index in [0.29, 0.717) is 5.92 Å². The van der Waals surface area contributed by atoms with Gasteiger partial charge in [-0.2, -0.15) is 0 Å². The van der Waals surface area contributed by atoms with Crippen molar-refractivity contribution in [2.75, 3.05) is 0 Å². The third-order valence-electron chi connectivity index (χ3n) is 2.44. The highest BCUT2D eigenvalue weighted by molar-refractivity contribution is 7.90. The first-order chi connectivity index (χ1) is 8.81. The fourth-order valence-corrected chi connectivity index (χ4v) is 2.34. The van der Waals surface area contributed by atoms with Crippen molar-refractivity contribution in [2.45, 2.75) is 32.1 Å². The van der Waals surface area contributed by atoms with Gasteiger partial charge in [-0.15, -0.1) is 0 Å². The maximum absolute atomic E-state index is 11.9. The van der Waals surface area contributed by atoms with Crippen molar-refractivity contribution < 1.29 is 13.2 Å². The second-order valence-electron chi connectivity index (χ2n) is 4.81. The number of rotatable bonds is 5. The van der Waals surface area contributed by atoms with E-state index in [1.807, 2.05) is 25.5 Å². The van der Waals surface area contributed by atoms with Gasteiger partial charge < -0.3 is 0 Å². The maximum atomic E-state index is 11.9. The Bertz CT molecular complexity index is 557. The molecule has 0 bridgehead atoms. The van der Waals surface area contributed by atoms with E-state index in [9.17, 15) is 13.2 Å². The van der Waals surface area contributed by atoms with E-state index >= 15 is 0 Å². The molecule has 1 N–H and O–H groups in total. The second kappa shape index (κ2) is 6.52. The number of aryl methyl sites for hydroxylation is 1. The Morgan fingerprint density at radius 1 is 1.26 bits per heavy atom. The minimum absolute atomic E-state index is 0.0868. The maximum Gasteiger partial charge on any atom is 0.264 e. The first kappa shape index (κ1) is 15.4. The Labute approximate surface area is 114 Å². The van der Waals surface area contributed by atoms with Crippen LogP contribution in [0.5, 0.6) is 0 Å². The molecule has 1 rings (SSSR count). The lowest BCUT2D eigenvalue weighted by Gasteiger charge is -2.05. The third kappa shape index (κ3) is 5.26. The lowest BCUT2D eigenvalue weighted by Crippen LogP contribution is -2.29. The number of allylic oxidation sites excluding steroid dienone is 1. The molecule has 0 aliphatic carbocycles. The summed E-state index contributed by atoms with van der Waals surface area (Å²) >= 11 is 0. The first-order valence-electron chi connectivity index (χ1n) is 6.11. The zero-order chi connectivity index (χ0) is 14.5. The number of hydrogen-bond acceptors (Lipinski definition) is 3. The number of sulfonamides is 1. The summed E-state index contributed by atoms with van der Waals surface area (Å²) < 4.78 is 25.8. The molecular weight excluding hydrogens is 262 g/mol. The van der Waals surface area contributed by atoms with Crippen molar-refractivity contribution >= 4 is 15.9 Å². The quantitative estimate of drug-likeness (QED) is 0.843. The van der Waals surface area contributed by atoms with Crippen molar-refractivity contribution in [3.8, 4) is 0 Å². The Morgan fingerprint density at radius 2 is 1.84 bits per heavy atom. The number of carbonyl (C=O) groups is 1. The zero-order valence-electron chi connectivity index (χ0n) is 11.4. The summed E-state index contributed by atoms with van der Waals surface area (Å²) in [5.41, 5.74) is 0.960. The predicted molar refractivity (Wildman–Crippen MR) is 75.1 cm³/mol. The van der Waals surface area contributed by atoms with Crippen LogP contribution in [0.15, 0.2) is 41.3 Å². The molecule has 0 atom stereocenters. The normalized spacial score (nSPS) is 12.0. The monoisotopic (exact) mass is 281 g/mol. The average Bonchev–Trinajstić information content (AvgIpc) is 2.28. The Morgan fingerprint density at radius 3 is 2.37 bits per heavy atom. The number of carbonyl (C=O) groups excluding carboxylic acids is 1. The van der Waals surface area contributed by atoms with Crippen LogP contribution in [0.4, 0.5) is 0 Å². The highest BCUT2D eigenvalue weighted by Crippen LogP contribution is 2.09. The van der Waals surface area contributed by atoms with E-state index in [4.69, 9.17) is 0 Å². The summed E-state index contributed by atoms with van der Waals surface area (Å²) in [6.45, 7) is 5.90. The molecule has 104 valence electrons. The smallest absolute Gasteiger partial charge is 0.264 e. The molecule has 1 aromatic carbocycles. The van der Waals surface area contributed by atoms with Crippen LogP contribution in [0.25, 0.3) is 0 Å². The highest BCUT2D eigenvalue weighted by atomic mass is 32.2. The van der Waals surface area contributed by atoms with Crippen molar-refractivity contribution in [1.82, 2.24) is 4.72 Å². The summed E-state index contributed by atoms with van der Waals surface area (Å²) in [5.74, 6) is -0.195.